The van der Waals surface area contributed by atoms with Gasteiger partial charge in [0.05, 0.1) is 25.0 Å². The molecule has 0 bridgehead atoms. The van der Waals surface area contributed by atoms with Gasteiger partial charge in [0.15, 0.2) is 5.82 Å². The molecule has 0 atom stereocenters. The van der Waals surface area contributed by atoms with Gasteiger partial charge in [-0.15, -0.1) is 10.2 Å². The van der Waals surface area contributed by atoms with Gasteiger partial charge in [-0.3, -0.25) is 0 Å². The Kier molecular flexibility index (Phi) is 6.39. The molecular formula is C22H19ClN4O3S. The Balaban J connectivity index is 1.77. The van der Waals surface area contributed by atoms with Crippen molar-refractivity contribution in [3.63, 3.8) is 0 Å². The van der Waals surface area contributed by atoms with E-state index in [0.717, 1.165) is 11.3 Å². The van der Waals surface area contributed by atoms with Gasteiger partial charge in [-0.1, -0.05) is 41.6 Å². The Morgan fingerprint density at radius 2 is 1.97 bits per heavy atom. The quantitative estimate of drug-likeness (QED) is 0.401. The predicted octanol–water partition coefficient (Wildman–Crippen LogP) is 4.56. The van der Waals surface area contributed by atoms with Crippen LogP contribution in [0.2, 0.25) is 5.02 Å². The van der Waals surface area contributed by atoms with E-state index in [2.05, 4.69) is 10.2 Å². The van der Waals surface area contributed by atoms with Gasteiger partial charge >= 0.3 is 5.97 Å². The average molecular weight is 455 g/mol. The third kappa shape index (κ3) is 4.50. The number of ether oxygens (including phenoxy) is 2. The number of benzene rings is 2. The highest BCUT2D eigenvalue weighted by Crippen LogP contribution is 2.30. The Bertz CT molecular complexity index is 1170. The summed E-state index contributed by atoms with van der Waals surface area (Å²) in [6, 6.07) is 14.8. The Hall–Kier alpha value is -3.10. The van der Waals surface area contributed by atoms with Crippen molar-refractivity contribution in [2.45, 2.75) is 12.1 Å². The summed E-state index contributed by atoms with van der Waals surface area (Å²) in [5.74, 6) is 1.32. The summed E-state index contributed by atoms with van der Waals surface area (Å²) in [5, 5.41) is 14.4. The second-order valence-electron chi connectivity index (χ2n) is 6.48. The molecule has 3 aromatic rings. The van der Waals surface area contributed by atoms with Crippen LogP contribution in [0.25, 0.3) is 17.5 Å². The largest absolute Gasteiger partial charge is 0.497 e. The minimum atomic E-state index is -0.454. The highest BCUT2D eigenvalue weighted by atomic mass is 35.5. The lowest BCUT2D eigenvalue weighted by atomic mass is 10.1. The molecule has 1 aliphatic heterocycles. The molecule has 0 fully saturated rings. The molecule has 0 unspecified atom stereocenters. The van der Waals surface area contributed by atoms with Crippen LogP contribution in [0.4, 0.5) is 0 Å². The lowest BCUT2D eigenvalue weighted by Gasteiger charge is -2.16. The maximum atomic E-state index is 12.8. The Morgan fingerprint density at radius 3 is 2.68 bits per heavy atom. The molecule has 31 heavy (non-hydrogen) atoms. The number of rotatable bonds is 6. The standard InChI is InChI=1S/C22H19ClN4O3S/c1-3-30-21(28)17(12-15-6-4-5-7-18(15)23)19-13-31-22-25-24-20(27(22)26-19)14-8-10-16(29-2)11-9-14/h4-12H,3,13H2,1-2H3/b17-12+. The van der Waals surface area contributed by atoms with Gasteiger partial charge in [-0.2, -0.15) is 9.78 Å². The number of carbonyl (C=O) groups is 1. The van der Waals surface area contributed by atoms with Crippen molar-refractivity contribution in [2.24, 2.45) is 5.10 Å². The first-order valence-electron chi connectivity index (χ1n) is 9.55. The van der Waals surface area contributed by atoms with Crippen LogP contribution < -0.4 is 4.74 Å². The summed E-state index contributed by atoms with van der Waals surface area (Å²) in [5.41, 5.74) is 2.45. The van der Waals surface area contributed by atoms with Crippen molar-refractivity contribution in [2.75, 3.05) is 19.5 Å². The monoisotopic (exact) mass is 454 g/mol. The summed E-state index contributed by atoms with van der Waals surface area (Å²) < 4.78 is 12.1. The van der Waals surface area contributed by atoms with Crippen LogP contribution in [0, 0.1) is 0 Å². The molecule has 0 spiro atoms. The summed E-state index contributed by atoms with van der Waals surface area (Å²) in [7, 11) is 1.61. The number of esters is 1. The molecule has 4 rings (SSSR count). The molecule has 2 aromatic carbocycles. The van der Waals surface area contributed by atoms with Crippen molar-refractivity contribution in [1.29, 1.82) is 0 Å². The van der Waals surface area contributed by atoms with E-state index in [4.69, 9.17) is 26.2 Å². The highest BCUT2D eigenvalue weighted by Gasteiger charge is 2.25. The van der Waals surface area contributed by atoms with Crippen molar-refractivity contribution in [1.82, 2.24) is 14.9 Å². The van der Waals surface area contributed by atoms with Crippen LogP contribution in [0.5, 0.6) is 5.75 Å². The highest BCUT2D eigenvalue weighted by molar-refractivity contribution is 7.99. The Morgan fingerprint density at radius 1 is 1.19 bits per heavy atom. The molecular weight excluding hydrogens is 436 g/mol. The second-order valence-corrected chi connectivity index (χ2v) is 7.83. The van der Waals surface area contributed by atoms with Gasteiger partial charge < -0.3 is 9.47 Å². The van der Waals surface area contributed by atoms with Crippen LogP contribution >= 0.6 is 23.4 Å². The molecule has 158 valence electrons. The molecule has 1 aliphatic rings. The SMILES string of the molecule is CCOC(=O)/C(=C/c1ccccc1Cl)C1=Nn2c(nnc2-c2ccc(OC)cc2)SC1. The number of hydrogen-bond donors (Lipinski definition) is 0. The molecule has 0 amide bonds. The molecule has 9 heteroatoms. The lowest BCUT2D eigenvalue weighted by Crippen LogP contribution is -2.21. The van der Waals surface area contributed by atoms with Gasteiger partial charge in [0.1, 0.15) is 5.75 Å². The van der Waals surface area contributed by atoms with Gasteiger partial charge in [-0.05, 0) is 48.9 Å². The van der Waals surface area contributed by atoms with E-state index >= 15 is 0 Å². The fraction of sp³-hybridized carbons (Fsp3) is 0.182. The maximum absolute atomic E-state index is 12.8. The fourth-order valence-electron chi connectivity index (χ4n) is 3.00. The van der Waals surface area contributed by atoms with Crippen molar-refractivity contribution >= 4 is 41.1 Å². The normalized spacial score (nSPS) is 13.4. The second kappa shape index (κ2) is 9.36. The minimum Gasteiger partial charge on any atom is -0.497 e. The smallest absolute Gasteiger partial charge is 0.340 e. The Labute approximate surface area is 188 Å². The maximum Gasteiger partial charge on any atom is 0.340 e. The third-order valence-corrected chi connectivity index (χ3v) is 5.81. The van der Waals surface area contributed by atoms with Crippen molar-refractivity contribution in [3.8, 4) is 17.1 Å². The molecule has 0 saturated carbocycles. The minimum absolute atomic E-state index is 0.258. The molecule has 0 aliphatic carbocycles. The predicted molar refractivity (Wildman–Crippen MR) is 122 cm³/mol. The summed E-state index contributed by atoms with van der Waals surface area (Å²) >= 11 is 7.76. The van der Waals surface area contributed by atoms with Gasteiger partial charge in [-0.25, -0.2) is 4.79 Å². The van der Waals surface area contributed by atoms with Crippen LogP contribution in [0.3, 0.4) is 0 Å². The number of carbonyl (C=O) groups excluding carboxylic acids is 1. The first-order chi connectivity index (χ1) is 15.1. The molecule has 0 N–H and O–H groups in total. The van der Waals surface area contributed by atoms with Gasteiger partial charge in [0.2, 0.25) is 5.16 Å². The zero-order chi connectivity index (χ0) is 21.8. The summed E-state index contributed by atoms with van der Waals surface area (Å²) in [6.07, 6.45) is 1.71. The van der Waals surface area contributed by atoms with E-state index in [9.17, 15) is 4.79 Å². The van der Waals surface area contributed by atoms with Crippen molar-refractivity contribution in [3.05, 3.63) is 64.7 Å². The average Bonchev–Trinajstić information content (AvgIpc) is 3.22. The summed E-state index contributed by atoms with van der Waals surface area (Å²) in [6.45, 7) is 2.02. The number of halogens is 1. The van der Waals surface area contributed by atoms with E-state index in [0.29, 0.717) is 38.6 Å². The zero-order valence-corrected chi connectivity index (χ0v) is 18.5. The number of aromatic nitrogens is 3. The fourth-order valence-corrected chi connectivity index (χ4v) is 4.01. The van der Waals surface area contributed by atoms with Crippen LogP contribution in [-0.4, -0.2) is 46.0 Å². The summed E-state index contributed by atoms with van der Waals surface area (Å²) in [4.78, 5) is 12.8. The topological polar surface area (TPSA) is 78.6 Å². The number of fused-ring (bicyclic) bond motifs is 1. The van der Waals surface area contributed by atoms with E-state index < -0.39 is 5.97 Å². The molecule has 2 heterocycles. The van der Waals surface area contributed by atoms with Gasteiger partial charge in [0, 0.05) is 16.3 Å². The lowest BCUT2D eigenvalue weighted by molar-refractivity contribution is -0.137. The zero-order valence-electron chi connectivity index (χ0n) is 16.9. The number of methoxy groups -OCH3 is 1. The first kappa shape index (κ1) is 21.1. The molecule has 7 nitrogen and oxygen atoms in total. The van der Waals surface area contributed by atoms with E-state index in [1.165, 1.54) is 11.8 Å². The van der Waals surface area contributed by atoms with Crippen LogP contribution in [-0.2, 0) is 9.53 Å². The third-order valence-electron chi connectivity index (χ3n) is 4.53. The van der Waals surface area contributed by atoms with Crippen molar-refractivity contribution < 1.29 is 14.3 Å². The van der Waals surface area contributed by atoms with E-state index in [-0.39, 0.29) is 6.61 Å². The molecule has 0 radical (unpaired) electrons. The van der Waals surface area contributed by atoms with E-state index in [1.54, 1.807) is 30.9 Å². The molecule has 1 aromatic heterocycles. The number of thioether (sulfide) groups is 1. The van der Waals surface area contributed by atoms with Crippen LogP contribution in [0.1, 0.15) is 12.5 Å². The number of nitrogens with zero attached hydrogens (tertiary/aromatic N) is 4. The van der Waals surface area contributed by atoms with Crippen LogP contribution in [0.15, 0.2) is 64.4 Å². The number of hydrogen-bond acceptors (Lipinski definition) is 7. The first-order valence-corrected chi connectivity index (χ1v) is 10.9. The van der Waals surface area contributed by atoms with Gasteiger partial charge in [0.25, 0.3) is 0 Å². The van der Waals surface area contributed by atoms with E-state index in [1.807, 2.05) is 42.5 Å². The molecule has 0 saturated heterocycles.